The fourth-order valence-corrected chi connectivity index (χ4v) is 4.66. The predicted molar refractivity (Wildman–Crippen MR) is 128 cm³/mol. The van der Waals surface area contributed by atoms with Crippen LogP contribution in [-0.2, 0) is 9.59 Å². The summed E-state index contributed by atoms with van der Waals surface area (Å²) < 4.78 is 38.4. The van der Waals surface area contributed by atoms with E-state index in [-0.39, 0.29) is 26.3 Å². The van der Waals surface area contributed by atoms with Gasteiger partial charge in [-0.2, -0.15) is 13.2 Å². The number of H-pyrrole nitrogens is 1. The standard InChI is InChI=1S/C23H23ClF3N7O2.H2/c24-14-8-15-16(10-30-19(15)29-9-14)20-28-5-4-18(32-20)34-7-6-33(22(36)13-2-1-3-13)11-17(34)21(35)31-12-23(25,26)27;/h4-5,8-10,13,17H,1-3,6-7,11-12H2,(H,29,30)(H,31,35);1H/t17-;/m0./s1. The van der Waals surface area contributed by atoms with Crippen molar-refractivity contribution in [2.75, 3.05) is 31.1 Å². The number of carbonyl (C=O) groups excluding carboxylic acids is 2. The number of nitrogens with zero attached hydrogens (tertiary/aromatic N) is 5. The lowest BCUT2D eigenvalue weighted by molar-refractivity contribution is -0.143. The fraction of sp³-hybridized carbons (Fsp3) is 0.435. The van der Waals surface area contributed by atoms with E-state index in [4.69, 9.17) is 11.6 Å². The summed E-state index contributed by atoms with van der Waals surface area (Å²) >= 11 is 6.10. The number of amides is 2. The number of piperazine rings is 1. The molecular weight excluding hydrogens is 499 g/mol. The van der Waals surface area contributed by atoms with E-state index in [9.17, 15) is 22.8 Å². The molecule has 36 heavy (non-hydrogen) atoms. The number of aromatic amines is 1. The molecule has 3 aromatic heterocycles. The highest BCUT2D eigenvalue weighted by Gasteiger charge is 2.39. The highest BCUT2D eigenvalue weighted by atomic mass is 35.5. The third kappa shape index (κ3) is 4.95. The predicted octanol–water partition coefficient (Wildman–Crippen LogP) is 3.42. The highest BCUT2D eigenvalue weighted by molar-refractivity contribution is 6.31. The van der Waals surface area contributed by atoms with Crippen LogP contribution in [0, 0.1) is 5.92 Å². The summed E-state index contributed by atoms with van der Waals surface area (Å²) in [5.41, 5.74) is 1.23. The SMILES string of the molecule is O=C(NCC(F)(F)F)[C@@H]1CN(C(=O)C2CCC2)CCN1c1ccnc(-c2c[nH]c3ncc(Cl)cc23)n1.[HH]. The third-order valence-electron chi connectivity index (χ3n) is 6.59. The quantitative estimate of drug-likeness (QED) is 0.531. The van der Waals surface area contributed by atoms with Gasteiger partial charge in [0.1, 0.15) is 24.1 Å². The smallest absolute Gasteiger partial charge is 0.345 e. The second-order valence-electron chi connectivity index (χ2n) is 8.94. The Balaban J connectivity index is 0.00000320. The Morgan fingerprint density at radius 3 is 2.78 bits per heavy atom. The Labute approximate surface area is 210 Å². The molecule has 192 valence electrons. The van der Waals surface area contributed by atoms with E-state index in [1.807, 2.05) is 5.32 Å². The van der Waals surface area contributed by atoms with Crippen molar-refractivity contribution < 1.29 is 24.2 Å². The topological polar surface area (TPSA) is 107 Å². The van der Waals surface area contributed by atoms with Crippen LogP contribution in [0.15, 0.2) is 30.7 Å². The van der Waals surface area contributed by atoms with Gasteiger partial charge in [-0.1, -0.05) is 18.0 Å². The van der Waals surface area contributed by atoms with Gasteiger partial charge in [0.2, 0.25) is 11.8 Å². The van der Waals surface area contributed by atoms with Crippen LogP contribution in [-0.4, -0.2) is 75.0 Å². The number of hydrogen-bond acceptors (Lipinski definition) is 6. The van der Waals surface area contributed by atoms with Gasteiger partial charge in [-0.3, -0.25) is 9.59 Å². The molecule has 3 aromatic rings. The van der Waals surface area contributed by atoms with Crippen molar-refractivity contribution in [2.45, 2.75) is 31.5 Å². The molecule has 2 aliphatic rings. The molecule has 5 rings (SSSR count). The number of carbonyl (C=O) groups is 2. The minimum absolute atomic E-state index is 0. The van der Waals surface area contributed by atoms with Crippen molar-refractivity contribution in [1.82, 2.24) is 30.2 Å². The lowest BCUT2D eigenvalue weighted by Gasteiger charge is -2.43. The van der Waals surface area contributed by atoms with Crippen LogP contribution < -0.4 is 10.2 Å². The van der Waals surface area contributed by atoms with Gasteiger partial charge in [0.25, 0.3) is 0 Å². The van der Waals surface area contributed by atoms with Crippen LogP contribution in [0.5, 0.6) is 0 Å². The number of nitrogens with one attached hydrogen (secondary N) is 2. The normalized spacial score (nSPS) is 18.8. The Bertz CT molecular complexity index is 1300. The van der Waals surface area contributed by atoms with Gasteiger partial charge in [0.15, 0.2) is 5.82 Å². The summed E-state index contributed by atoms with van der Waals surface area (Å²) in [5, 5.41) is 3.11. The van der Waals surface area contributed by atoms with Crippen LogP contribution in [0.4, 0.5) is 19.0 Å². The molecule has 1 saturated carbocycles. The number of hydrogen-bond donors (Lipinski definition) is 2. The van der Waals surface area contributed by atoms with E-state index in [2.05, 4.69) is 19.9 Å². The van der Waals surface area contributed by atoms with E-state index < -0.39 is 24.7 Å². The number of anilines is 1. The molecule has 4 heterocycles. The Hall–Kier alpha value is -3.41. The minimum Gasteiger partial charge on any atom is -0.345 e. The zero-order valence-electron chi connectivity index (χ0n) is 19.1. The Morgan fingerprint density at radius 2 is 2.06 bits per heavy atom. The molecule has 0 unspecified atom stereocenters. The van der Waals surface area contributed by atoms with E-state index in [1.165, 1.54) is 12.4 Å². The maximum absolute atomic E-state index is 12.9. The lowest BCUT2D eigenvalue weighted by atomic mass is 9.84. The largest absolute Gasteiger partial charge is 0.405 e. The molecule has 0 radical (unpaired) electrons. The number of aromatic nitrogens is 4. The van der Waals surface area contributed by atoms with Crippen molar-refractivity contribution in [3.63, 3.8) is 0 Å². The van der Waals surface area contributed by atoms with E-state index in [0.29, 0.717) is 39.8 Å². The lowest BCUT2D eigenvalue weighted by Crippen LogP contribution is -2.62. The zero-order chi connectivity index (χ0) is 25.4. The number of rotatable bonds is 5. The molecule has 1 saturated heterocycles. The molecule has 1 aliphatic carbocycles. The molecule has 0 spiro atoms. The summed E-state index contributed by atoms with van der Waals surface area (Å²) in [7, 11) is 0. The third-order valence-corrected chi connectivity index (χ3v) is 6.79. The molecule has 2 N–H and O–H groups in total. The highest BCUT2D eigenvalue weighted by Crippen LogP contribution is 2.31. The van der Waals surface area contributed by atoms with Crippen LogP contribution in [0.25, 0.3) is 22.4 Å². The monoisotopic (exact) mass is 523 g/mol. The van der Waals surface area contributed by atoms with Gasteiger partial charge in [0.05, 0.1) is 11.6 Å². The number of halogens is 4. The van der Waals surface area contributed by atoms with Crippen molar-refractivity contribution in [2.24, 2.45) is 5.92 Å². The molecular formula is C23H25ClF3N7O2. The molecule has 2 fully saturated rings. The van der Waals surface area contributed by atoms with Gasteiger partial charge in [0, 0.05) is 50.0 Å². The molecule has 9 nitrogen and oxygen atoms in total. The fourth-order valence-electron chi connectivity index (χ4n) is 4.50. The van der Waals surface area contributed by atoms with Gasteiger partial charge in [-0.15, -0.1) is 0 Å². The van der Waals surface area contributed by atoms with E-state index in [1.54, 1.807) is 28.1 Å². The maximum Gasteiger partial charge on any atom is 0.405 e. The van der Waals surface area contributed by atoms with Crippen LogP contribution in [0.2, 0.25) is 5.02 Å². The molecule has 13 heteroatoms. The summed E-state index contributed by atoms with van der Waals surface area (Å²) in [6.45, 7) is -0.902. The van der Waals surface area contributed by atoms with Gasteiger partial charge in [-0.25, -0.2) is 15.0 Å². The van der Waals surface area contributed by atoms with Gasteiger partial charge < -0.3 is 20.1 Å². The molecule has 1 aliphatic heterocycles. The number of alkyl halides is 3. The van der Waals surface area contributed by atoms with Crippen molar-refractivity contribution in [3.8, 4) is 11.4 Å². The summed E-state index contributed by atoms with van der Waals surface area (Å²) in [4.78, 5) is 45.1. The van der Waals surface area contributed by atoms with Crippen molar-refractivity contribution in [1.29, 1.82) is 0 Å². The first kappa shape index (κ1) is 24.3. The van der Waals surface area contributed by atoms with Crippen LogP contribution in [0.3, 0.4) is 0 Å². The number of pyridine rings is 1. The molecule has 1 atom stereocenters. The second kappa shape index (κ2) is 9.57. The minimum atomic E-state index is -4.55. The number of fused-ring (bicyclic) bond motifs is 1. The summed E-state index contributed by atoms with van der Waals surface area (Å²) in [6, 6.07) is 2.29. The Kier molecular flexibility index (Phi) is 6.45. The van der Waals surface area contributed by atoms with Crippen LogP contribution in [0.1, 0.15) is 20.7 Å². The molecule has 0 bridgehead atoms. The summed E-state index contributed by atoms with van der Waals surface area (Å²) in [6.07, 6.45) is 2.73. The second-order valence-corrected chi connectivity index (χ2v) is 9.38. The first-order valence-electron chi connectivity index (χ1n) is 11.6. The average molecular weight is 524 g/mol. The average Bonchev–Trinajstić information content (AvgIpc) is 3.23. The first-order valence-corrected chi connectivity index (χ1v) is 11.9. The van der Waals surface area contributed by atoms with Crippen molar-refractivity contribution in [3.05, 3.63) is 35.7 Å². The molecule has 2 amide bonds. The zero-order valence-corrected chi connectivity index (χ0v) is 19.8. The van der Waals surface area contributed by atoms with E-state index >= 15 is 0 Å². The maximum atomic E-state index is 12.9. The molecule has 0 aromatic carbocycles. The Morgan fingerprint density at radius 1 is 1.25 bits per heavy atom. The summed E-state index contributed by atoms with van der Waals surface area (Å²) in [5.74, 6) is -0.247. The first-order chi connectivity index (χ1) is 17.2. The van der Waals surface area contributed by atoms with Crippen LogP contribution >= 0.6 is 11.6 Å². The van der Waals surface area contributed by atoms with Gasteiger partial charge >= 0.3 is 6.18 Å². The van der Waals surface area contributed by atoms with Crippen molar-refractivity contribution >= 4 is 40.3 Å². The van der Waals surface area contributed by atoms with Gasteiger partial charge in [-0.05, 0) is 25.0 Å². The van der Waals surface area contributed by atoms with E-state index in [0.717, 1.165) is 19.3 Å².